The Morgan fingerprint density at radius 2 is 2.45 bits per heavy atom. The molecule has 11 heavy (non-hydrogen) atoms. The zero-order chi connectivity index (χ0) is 7.84. The van der Waals surface area contributed by atoms with Crippen LogP contribution >= 0.6 is 0 Å². The van der Waals surface area contributed by atoms with E-state index in [1.807, 2.05) is 0 Å². The lowest BCUT2D eigenvalue weighted by molar-refractivity contribution is 0.112. The highest BCUT2D eigenvalue weighted by Gasteiger charge is 2.34. The summed E-state index contributed by atoms with van der Waals surface area (Å²) in [6.07, 6.45) is 7.09. The largest absolute Gasteiger partial charge is 0.367 e. The highest BCUT2D eigenvalue weighted by molar-refractivity contribution is 5.22. The van der Waals surface area contributed by atoms with Crippen molar-refractivity contribution in [3.8, 4) is 0 Å². The maximum Gasteiger partial charge on any atom is 0.0797 e. The standard InChI is InChI=1S/C10H16O/c1-3-7(2)9-6-8-4-5-10(9)11-8/h6-8,10H,3-5H2,1-2H3. The van der Waals surface area contributed by atoms with Gasteiger partial charge < -0.3 is 4.74 Å². The van der Waals surface area contributed by atoms with Gasteiger partial charge in [0.1, 0.15) is 0 Å². The van der Waals surface area contributed by atoms with Crippen LogP contribution in [0.2, 0.25) is 0 Å². The molecular weight excluding hydrogens is 136 g/mol. The first-order valence-electron chi connectivity index (χ1n) is 4.68. The van der Waals surface area contributed by atoms with Gasteiger partial charge in [0.05, 0.1) is 12.2 Å². The maximum absolute atomic E-state index is 5.72. The summed E-state index contributed by atoms with van der Waals surface area (Å²) in [6, 6.07) is 0. The Labute approximate surface area is 68.4 Å². The topological polar surface area (TPSA) is 9.23 Å². The van der Waals surface area contributed by atoms with Crippen LogP contribution in [-0.4, -0.2) is 12.2 Å². The minimum atomic E-state index is 0.476. The molecule has 1 heteroatoms. The average molecular weight is 152 g/mol. The van der Waals surface area contributed by atoms with Gasteiger partial charge in [-0.2, -0.15) is 0 Å². The fourth-order valence-corrected chi connectivity index (χ4v) is 2.07. The molecule has 0 aromatic heterocycles. The molecular formula is C10H16O. The molecule has 2 heterocycles. The third-order valence-electron chi connectivity index (χ3n) is 2.98. The van der Waals surface area contributed by atoms with Crippen LogP contribution in [0, 0.1) is 5.92 Å². The Morgan fingerprint density at radius 3 is 2.91 bits per heavy atom. The minimum Gasteiger partial charge on any atom is -0.367 e. The van der Waals surface area contributed by atoms with Crippen molar-refractivity contribution in [2.45, 2.75) is 45.3 Å². The minimum absolute atomic E-state index is 0.476. The number of ether oxygens (including phenoxy) is 1. The van der Waals surface area contributed by atoms with E-state index >= 15 is 0 Å². The Hall–Kier alpha value is -0.300. The van der Waals surface area contributed by atoms with E-state index in [4.69, 9.17) is 4.74 Å². The molecule has 0 aromatic rings. The first-order valence-corrected chi connectivity index (χ1v) is 4.68. The van der Waals surface area contributed by atoms with E-state index in [-0.39, 0.29) is 0 Å². The van der Waals surface area contributed by atoms with Gasteiger partial charge in [0.2, 0.25) is 0 Å². The molecule has 2 bridgehead atoms. The van der Waals surface area contributed by atoms with Crippen LogP contribution in [-0.2, 0) is 4.74 Å². The summed E-state index contributed by atoms with van der Waals surface area (Å²) >= 11 is 0. The van der Waals surface area contributed by atoms with Crippen LogP contribution in [0.25, 0.3) is 0 Å². The van der Waals surface area contributed by atoms with Gasteiger partial charge in [0, 0.05) is 0 Å². The molecule has 62 valence electrons. The predicted molar refractivity (Wildman–Crippen MR) is 45.4 cm³/mol. The van der Waals surface area contributed by atoms with Crippen LogP contribution in [0.3, 0.4) is 0 Å². The fraction of sp³-hybridized carbons (Fsp3) is 0.800. The second-order valence-corrected chi connectivity index (χ2v) is 3.72. The van der Waals surface area contributed by atoms with Gasteiger partial charge >= 0.3 is 0 Å². The summed E-state index contributed by atoms with van der Waals surface area (Å²) in [6.45, 7) is 4.55. The average Bonchev–Trinajstić information content (AvgIpc) is 2.62. The molecule has 3 atom stereocenters. The van der Waals surface area contributed by atoms with Crippen LogP contribution in [0.4, 0.5) is 0 Å². The van der Waals surface area contributed by atoms with Gasteiger partial charge in [-0.25, -0.2) is 0 Å². The van der Waals surface area contributed by atoms with Gasteiger partial charge in [-0.05, 0) is 30.8 Å². The lowest BCUT2D eigenvalue weighted by atomic mass is 9.89. The van der Waals surface area contributed by atoms with Gasteiger partial charge in [-0.1, -0.05) is 19.9 Å². The van der Waals surface area contributed by atoms with Crippen molar-refractivity contribution in [2.24, 2.45) is 5.92 Å². The van der Waals surface area contributed by atoms with Gasteiger partial charge in [-0.15, -0.1) is 0 Å². The monoisotopic (exact) mass is 152 g/mol. The Balaban J connectivity index is 2.10. The second kappa shape index (κ2) is 2.63. The lowest BCUT2D eigenvalue weighted by Crippen LogP contribution is -2.11. The third-order valence-corrected chi connectivity index (χ3v) is 2.98. The maximum atomic E-state index is 5.72. The Bertz CT molecular complexity index is 183. The molecule has 3 unspecified atom stereocenters. The molecule has 2 aliphatic heterocycles. The number of hydrogen-bond acceptors (Lipinski definition) is 1. The van der Waals surface area contributed by atoms with E-state index in [0.717, 1.165) is 5.92 Å². The van der Waals surface area contributed by atoms with Crippen molar-refractivity contribution in [1.29, 1.82) is 0 Å². The Morgan fingerprint density at radius 1 is 1.64 bits per heavy atom. The van der Waals surface area contributed by atoms with Crippen molar-refractivity contribution >= 4 is 0 Å². The number of hydrogen-bond donors (Lipinski definition) is 0. The summed E-state index contributed by atoms with van der Waals surface area (Å²) in [5.74, 6) is 0.741. The lowest BCUT2D eigenvalue weighted by Gasteiger charge is -2.16. The summed E-state index contributed by atoms with van der Waals surface area (Å²) in [4.78, 5) is 0. The summed E-state index contributed by atoms with van der Waals surface area (Å²) in [5.41, 5.74) is 1.57. The first kappa shape index (κ1) is 7.35. The van der Waals surface area contributed by atoms with Gasteiger partial charge in [0.25, 0.3) is 0 Å². The van der Waals surface area contributed by atoms with Crippen molar-refractivity contribution in [1.82, 2.24) is 0 Å². The predicted octanol–water partition coefficient (Wildman–Crippen LogP) is 2.52. The van der Waals surface area contributed by atoms with E-state index < -0.39 is 0 Å². The van der Waals surface area contributed by atoms with E-state index in [0.29, 0.717) is 12.2 Å². The van der Waals surface area contributed by atoms with Crippen molar-refractivity contribution in [3.63, 3.8) is 0 Å². The number of rotatable bonds is 2. The van der Waals surface area contributed by atoms with Crippen LogP contribution < -0.4 is 0 Å². The molecule has 0 radical (unpaired) electrons. The molecule has 2 rings (SSSR count). The third kappa shape index (κ3) is 1.12. The normalized spacial score (nSPS) is 37.5. The van der Waals surface area contributed by atoms with Crippen molar-refractivity contribution in [3.05, 3.63) is 11.6 Å². The molecule has 1 saturated heterocycles. The van der Waals surface area contributed by atoms with E-state index in [9.17, 15) is 0 Å². The quantitative estimate of drug-likeness (QED) is 0.552. The molecule has 0 amide bonds. The Kier molecular flexibility index (Phi) is 1.76. The molecule has 0 aliphatic carbocycles. The first-order chi connectivity index (χ1) is 5.31. The van der Waals surface area contributed by atoms with Gasteiger partial charge in [-0.3, -0.25) is 0 Å². The highest BCUT2D eigenvalue weighted by Crippen LogP contribution is 2.37. The molecule has 0 N–H and O–H groups in total. The summed E-state index contributed by atoms with van der Waals surface area (Å²) < 4.78 is 5.72. The molecule has 1 fully saturated rings. The van der Waals surface area contributed by atoms with Crippen LogP contribution in [0.5, 0.6) is 0 Å². The molecule has 0 aromatic carbocycles. The van der Waals surface area contributed by atoms with Crippen molar-refractivity contribution < 1.29 is 4.74 Å². The number of fused-ring (bicyclic) bond motifs is 2. The summed E-state index contributed by atoms with van der Waals surface area (Å²) in [7, 11) is 0. The van der Waals surface area contributed by atoms with Crippen LogP contribution in [0.15, 0.2) is 11.6 Å². The van der Waals surface area contributed by atoms with E-state index in [1.54, 1.807) is 5.57 Å². The molecule has 0 saturated carbocycles. The molecule has 0 spiro atoms. The van der Waals surface area contributed by atoms with Crippen LogP contribution in [0.1, 0.15) is 33.1 Å². The SMILES string of the molecule is CCC(C)C1=CC2CCC1O2. The zero-order valence-corrected chi connectivity index (χ0v) is 7.34. The fourth-order valence-electron chi connectivity index (χ4n) is 2.07. The molecule has 2 aliphatic rings. The molecule has 1 nitrogen and oxygen atoms in total. The summed E-state index contributed by atoms with van der Waals surface area (Å²) in [5, 5.41) is 0. The zero-order valence-electron chi connectivity index (χ0n) is 7.34. The second-order valence-electron chi connectivity index (χ2n) is 3.72. The van der Waals surface area contributed by atoms with Gasteiger partial charge in [0.15, 0.2) is 0 Å². The smallest absolute Gasteiger partial charge is 0.0797 e. The van der Waals surface area contributed by atoms with Crippen molar-refractivity contribution in [2.75, 3.05) is 0 Å². The highest BCUT2D eigenvalue weighted by atomic mass is 16.5. The van der Waals surface area contributed by atoms with E-state index in [1.165, 1.54) is 19.3 Å². The van der Waals surface area contributed by atoms with E-state index in [2.05, 4.69) is 19.9 Å².